The molecule has 5 rings (SSSR count). The first-order valence-corrected chi connectivity index (χ1v) is 9.93. The van der Waals surface area contributed by atoms with Gasteiger partial charge in [-0.1, -0.05) is 41.9 Å². The zero-order valence-corrected chi connectivity index (χ0v) is 16.5. The van der Waals surface area contributed by atoms with Gasteiger partial charge in [-0.05, 0) is 23.8 Å². The molecule has 3 heterocycles. The lowest BCUT2D eigenvalue weighted by molar-refractivity contribution is -0.526. The fourth-order valence-electron chi connectivity index (χ4n) is 4.88. The molecule has 0 radical (unpaired) electrons. The fraction of sp³-hybridized carbons (Fsp3) is 0.238. The minimum absolute atomic E-state index is 0.281. The zero-order chi connectivity index (χ0) is 20.9. The van der Waals surface area contributed by atoms with Crippen LogP contribution in [0.15, 0.2) is 61.1 Å². The van der Waals surface area contributed by atoms with Crippen LogP contribution in [-0.2, 0) is 16.8 Å². The number of H-pyrrole nitrogens is 1. The van der Waals surface area contributed by atoms with Crippen LogP contribution in [0, 0.1) is 10.1 Å². The average Bonchev–Trinajstić information content (AvgIpc) is 3.42. The van der Waals surface area contributed by atoms with Gasteiger partial charge in [0.15, 0.2) is 0 Å². The molecule has 0 bridgehead atoms. The van der Waals surface area contributed by atoms with Crippen molar-refractivity contribution < 1.29 is 9.72 Å². The van der Waals surface area contributed by atoms with Crippen LogP contribution >= 0.6 is 11.6 Å². The van der Waals surface area contributed by atoms with E-state index in [1.54, 1.807) is 30.5 Å². The van der Waals surface area contributed by atoms with Gasteiger partial charge in [-0.25, -0.2) is 4.98 Å². The lowest BCUT2D eigenvalue weighted by atomic mass is 9.74. The Bertz CT molecular complexity index is 1120. The van der Waals surface area contributed by atoms with E-state index in [0.717, 1.165) is 5.69 Å². The molecule has 1 aromatic heterocycles. The quantitative estimate of drug-likeness (QED) is 0.441. The number of aromatic nitrogens is 2. The number of nitrogens with zero attached hydrogens (tertiary/aromatic N) is 2. The highest BCUT2D eigenvalue weighted by Crippen LogP contribution is 2.52. The number of hydrogen-bond donors (Lipinski definition) is 3. The first-order valence-electron chi connectivity index (χ1n) is 9.55. The molecule has 30 heavy (non-hydrogen) atoms. The van der Waals surface area contributed by atoms with Crippen molar-refractivity contribution in [2.45, 2.75) is 30.0 Å². The molecule has 1 spiro atoms. The molecule has 152 valence electrons. The third kappa shape index (κ3) is 2.72. The van der Waals surface area contributed by atoms with Gasteiger partial charge in [-0.15, -0.1) is 0 Å². The third-order valence-electron chi connectivity index (χ3n) is 6.06. The van der Waals surface area contributed by atoms with Crippen LogP contribution in [0.4, 0.5) is 5.69 Å². The van der Waals surface area contributed by atoms with Crippen molar-refractivity contribution in [3.8, 4) is 0 Å². The van der Waals surface area contributed by atoms with E-state index in [9.17, 15) is 14.9 Å². The number of imidazole rings is 1. The summed E-state index contributed by atoms with van der Waals surface area (Å²) < 4.78 is 0. The maximum absolute atomic E-state index is 13.4. The summed E-state index contributed by atoms with van der Waals surface area (Å²) in [6, 6.07) is 12.6. The molecule has 2 aliphatic heterocycles. The average molecular weight is 424 g/mol. The van der Waals surface area contributed by atoms with Crippen LogP contribution in [0.1, 0.15) is 22.7 Å². The molecular formula is C21H18ClN5O3. The molecule has 0 aliphatic carbocycles. The number of anilines is 1. The van der Waals surface area contributed by atoms with Crippen molar-refractivity contribution in [3.05, 3.63) is 93.0 Å². The van der Waals surface area contributed by atoms with Gasteiger partial charge < -0.3 is 10.3 Å². The summed E-state index contributed by atoms with van der Waals surface area (Å²) in [6.45, 7) is 0. The molecule has 3 N–H and O–H groups in total. The maximum atomic E-state index is 13.4. The predicted octanol–water partition coefficient (Wildman–Crippen LogP) is 2.85. The zero-order valence-electron chi connectivity index (χ0n) is 15.7. The molecular weight excluding hydrogens is 406 g/mol. The van der Waals surface area contributed by atoms with Crippen molar-refractivity contribution in [2.75, 3.05) is 5.32 Å². The van der Waals surface area contributed by atoms with E-state index < -0.39 is 23.5 Å². The standard InChI is InChI=1S/C21H18ClN5O3/c22-13-7-5-12(6-8-13)18-19(27(29)30)17(9-14-10-23-11-24-14)26-21(18)15-3-1-2-4-16(15)25-20(21)28/h1-8,10-11,17-19,26H,9H2,(H,23,24)(H,25,28)/t17-,18+,19-,21+/m1/s1. The van der Waals surface area contributed by atoms with Gasteiger partial charge in [0.25, 0.3) is 0 Å². The van der Waals surface area contributed by atoms with Crippen LogP contribution in [0.5, 0.6) is 0 Å². The normalized spacial score (nSPS) is 27.2. The number of fused-ring (bicyclic) bond motifs is 2. The second-order valence-corrected chi connectivity index (χ2v) is 8.08. The summed E-state index contributed by atoms with van der Waals surface area (Å²) in [4.78, 5) is 32.4. The van der Waals surface area contributed by atoms with E-state index in [4.69, 9.17) is 11.6 Å². The summed E-state index contributed by atoms with van der Waals surface area (Å²) in [7, 11) is 0. The molecule has 1 amide bonds. The van der Waals surface area contributed by atoms with E-state index in [-0.39, 0.29) is 10.8 Å². The fourth-order valence-corrected chi connectivity index (χ4v) is 5.00. The second-order valence-electron chi connectivity index (χ2n) is 7.64. The summed E-state index contributed by atoms with van der Waals surface area (Å²) in [6.07, 6.45) is 3.52. The molecule has 4 atom stereocenters. The highest BCUT2D eigenvalue weighted by Gasteiger charge is 2.66. The van der Waals surface area contributed by atoms with Crippen LogP contribution in [-0.4, -0.2) is 32.9 Å². The monoisotopic (exact) mass is 423 g/mol. The minimum atomic E-state index is -1.26. The van der Waals surface area contributed by atoms with Crippen LogP contribution < -0.4 is 10.6 Å². The number of carbonyl (C=O) groups is 1. The largest absolute Gasteiger partial charge is 0.348 e. The summed E-state index contributed by atoms with van der Waals surface area (Å²) in [5, 5.41) is 19.1. The number of rotatable bonds is 4. The van der Waals surface area contributed by atoms with E-state index in [1.165, 1.54) is 6.33 Å². The summed E-state index contributed by atoms with van der Waals surface area (Å²) >= 11 is 6.06. The minimum Gasteiger partial charge on any atom is -0.348 e. The highest BCUT2D eigenvalue weighted by molar-refractivity contribution is 6.30. The lowest BCUT2D eigenvalue weighted by Crippen LogP contribution is -2.49. The van der Waals surface area contributed by atoms with Crippen molar-refractivity contribution in [3.63, 3.8) is 0 Å². The van der Waals surface area contributed by atoms with Crippen molar-refractivity contribution in [2.24, 2.45) is 0 Å². The number of hydrogen-bond acceptors (Lipinski definition) is 5. The Labute approximate surface area is 176 Å². The number of carbonyl (C=O) groups excluding carboxylic acids is 1. The Morgan fingerprint density at radius 1 is 1.17 bits per heavy atom. The molecule has 3 aromatic rings. The number of aromatic amines is 1. The lowest BCUT2D eigenvalue weighted by Gasteiger charge is -2.29. The molecule has 0 saturated carbocycles. The van der Waals surface area contributed by atoms with Gasteiger partial charge in [0.1, 0.15) is 5.54 Å². The Kier molecular flexibility index (Phi) is 4.34. The van der Waals surface area contributed by atoms with Crippen LogP contribution in [0.25, 0.3) is 0 Å². The molecule has 9 heteroatoms. The third-order valence-corrected chi connectivity index (χ3v) is 6.31. The molecule has 2 aliphatic rings. The van der Waals surface area contributed by atoms with E-state index >= 15 is 0 Å². The van der Waals surface area contributed by atoms with Gasteiger partial charge >= 0.3 is 0 Å². The van der Waals surface area contributed by atoms with Crippen LogP contribution in [0.2, 0.25) is 5.02 Å². The van der Waals surface area contributed by atoms with Crippen molar-refractivity contribution >= 4 is 23.2 Å². The summed E-state index contributed by atoms with van der Waals surface area (Å²) in [5.74, 6) is -1.01. The molecule has 8 nitrogen and oxygen atoms in total. The Balaban J connectivity index is 1.70. The summed E-state index contributed by atoms with van der Waals surface area (Å²) in [5.41, 5.74) is 1.57. The molecule has 1 saturated heterocycles. The first kappa shape index (κ1) is 18.8. The maximum Gasteiger partial charge on any atom is 0.250 e. The SMILES string of the molecule is O=C1Nc2ccccc2[C@@]12N[C@H](Cc1cnc[nH]1)[C@@H]([N+](=O)[O-])[C@@H]2c1ccc(Cl)cc1. The molecule has 0 unspecified atom stereocenters. The number of nitrogens with one attached hydrogen (secondary N) is 3. The number of benzene rings is 2. The van der Waals surface area contributed by atoms with Crippen molar-refractivity contribution in [1.82, 2.24) is 15.3 Å². The number of para-hydroxylation sites is 1. The Morgan fingerprint density at radius 2 is 1.93 bits per heavy atom. The highest BCUT2D eigenvalue weighted by atomic mass is 35.5. The topological polar surface area (TPSA) is 113 Å². The number of halogens is 1. The van der Waals surface area contributed by atoms with Crippen LogP contribution in [0.3, 0.4) is 0 Å². The molecule has 1 fully saturated rings. The Hall–Kier alpha value is -3.23. The number of nitro groups is 1. The van der Waals surface area contributed by atoms with Gasteiger partial charge in [-0.3, -0.25) is 20.2 Å². The van der Waals surface area contributed by atoms with Crippen molar-refractivity contribution in [1.29, 1.82) is 0 Å². The smallest absolute Gasteiger partial charge is 0.250 e. The van der Waals surface area contributed by atoms with Gasteiger partial charge in [0, 0.05) is 39.5 Å². The second kappa shape index (κ2) is 6.93. The predicted molar refractivity (Wildman–Crippen MR) is 111 cm³/mol. The molecule has 2 aromatic carbocycles. The van der Waals surface area contributed by atoms with E-state index in [0.29, 0.717) is 28.3 Å². The van der Waals surface area contributed by atoms with Gasteiger partial charge in [0.05, 0.1) is 18.3 Å². The van der Waals surface area contributed by atoms with E-state index in [1.807, 2.05) is 24.3 Å². The van der Waals surface area contributed by atoms with E-state index in [2.05, 4.69) is 20.6 Å². The Morgan fingerprint density at radius 3 is 2.63 bits per heavy atom. The number of amides is 1. The van der Waals surface area contributed by atoms with Gasteiger partial charge in [0.2, 0.25) is 11.9 Å². The van der Waals surface area contributed by atoms with Gasteiger partial charge in [-0.2, -0.15) is 0 Å². The first-order chi connectivity index (χ1) is 14.5.